The zero-order chi connectivity index (χ0) is 9.97. The lowest BCUT2D eigenvalue weighted by Crippen LogP contribution is -2.20. The van der Waals surface area contributed by atoms with Crippen LogP contribution in [-0.4, -0.2) is 13.1 Å². The van der Waals surface area contributed by atoms with E-state index in [1.165, 1.54) is 12.8 Å². The summed E-state index contributed by atoms with van der Waals surface area (Å²) in [6.45, 7) is 4.09. The Morgan fingerprint density at radius 2 is 2.00 bits per heavy atom. The molecule has 0 N–H and O–H groups in total. The summed E-state index contributed by atoms with van der Waals surface area (Å²) in [5, 5.41) is 0. The molecule has 0 atom stereocenters. The highest BCUT2D eigenvalue weighted by atomic mass is 19.1. The van der Waals surface area contributed by atoms with Gasteiger partial charge in [-0.1, -0.05) is 19.1 Å². The molecule has 1 aromatic rings. The number of benzene rings is 1. The number of nitrogens with zero attached hydrogens (tertiary/aromatic N) is 1. The van der Waals surface area contributed by atoms with E-state index in [4.69, 9.17) is 0 Å². The predicted molar refractivity (Wildman–Crippen MR) is 57.2 cm³/mol. The number of hydrogen-bond donors (Lipinski definition) is 0. The molecule has 76 valence electrons. The molecule has 1 aromatic carbocycles. The second-order valence-electron chi connectivity index (χ2n) is 3.80. The van der Waals surface area contributed by atoms with Crippen LogP contribution in [0.1, 0.15) is 25.3 Å². The van der Waals surface area contributed by atoms with E-state index in [2.05, 4.69) is 11.8 Å². The van der Waals surface area contributed by atoms with Crippen molar-refractivity contribution in [2.75, 3.05) is 18.0 Å². The van der Waals surface area contributed by atoms with Crippen molar-refractivity contribution in [1.82, 2.24) is 0 Å². The monoisotopic (exact) mass is 193 g/mol. The van der Waals surface area contributed by atoms with E-state index in [1.807, 2.05) is 6.07 Å². The van der Waals surface area contributed by atoms with E-state index >= 15 is 0 Å². The molecule has 0 aliphatic carbocycles. The van der Waals surface area contributed by atoms with E-state index in [0.717, 1.165) is 30.8 Å². The standard InChI is InChI=1S/C12H16FN/c1-2-10-6-5-7-11(13)12(10)14-8-3-4-9-14/h5-7H,2-4,8-9H2,1H3. The van der Waals surface area contributed by atoms with Gasteiger partial charge in [-0.2, -0.15) is 0 Å². The molecule has 0 bridgehead atoms. The Morgan fingerprint density at radius 3 is 2.64 bits per heavy atom. The lowest BCUT2D eigenvalue weighted by Gasteiger charge is -2.21. The SMILES string of the molecule is CCc1cccc(F)c1N1CCCC1. The summed E-state index contributed by atoms with van der Waals surface area (Å²) in [6.07, 6.45) is 3.29. The minimum atomic E-state index is -0.0637. The Balaban J connectivity index is 2.37. The smallest absolute Gasteiger partial charge is 0.146 e. The summed E-state index contributed by atoms with van der Waals surface area (Å²) in [4.78, 5) is 2.17. The van der Waals surface area contributed by atoms with Crippen LogP contribution >= 0.6 is 0 Å². The number of halogens is 1. The molecule has 0 amide bonds. The molecule has 1 aliphatic heterocycles. The van der Waals surface area contributed by atoms with Crippen molar-refractivity contribution in [2.24, 2.45) is 0 Å². The number of aryl methyl sites for hydroxylation is 1. The van der Waals surface area contributed by atoms with Crippen LogP contribution in [0.5, 0.6) is 0 Å². The first-order valence-corrected chi connectivity index (χ1v) is 5.35. The van der Waals surface area contributed by atoms with Gasteiger partial charge in [-0.25, -0.2) is 4.39 Å². The Hall–Kier alpha value is -1.05. The Morgan fingerprint density at radius 1 is 1.29 bits per heavy atom. The maximum absolute atomic E-state index is 13.6. The van der Waals surface area contributed by atoms with Crippen molar-refractivity contribution in [3.63, 3.8) is 0 Å². The Bertz CT molecular complexity index is 316. The summed E-state index contributed by atoms with van der Waals surface area (Å²) in [7, 11) is 0. The van der Waals surface area contributed by atoms with Crippen LogP contribution in [0.2, 0.25) is 0 Å². The lowest BCUT2D eigenvalue weighted by molar-refractivity contribution is 0.620. The van der Waals surface area contributed by atoms with Crippen molar-refractivity contribution in [2.45, 2.75) is 26.2 Å². The average molecular weight is 193 g/mol. The topological polar surface area (TPSA) is 3.24 Å². The molecule has 0 saturated carbocycles. The fourth-order valence-electron chi connectivity index (χ4n) is 2.14. The summed E-state index contributed by atoms with van der Waals surface area (Å²) < 4.78 is 13.6. The molecule has 1 heterocycles. The Kier molecular flexibility index (Phi) is 2.71. The van der Waals surface area contributed by atoms with Crippen LogP contribution in [0.15, 0.2) is 18.2 Å². The van der Waals surface area contributed by atoms with Gasteiger partial charge in [-0.05, 0) is 30.9 Å². The van der Waals surface area contributed by atoms with Gasteiger partial charge in [0.1, 0.15) is 5.82 Å². The molecule has 0 radical (unpaired) electrons. The van der Waals surface area contributed by atoms with Crippen molar-refractivity contribution in [1.29, 1.82) is 0 Å². The first-order chi connectivity index (χ1) is 6.83. The third-order valence-electron chi connectivity index (χ3n) is 2.87. The van der Waals surface area contributed by atoms with Gasteiger partial charge in [0.15, 0.2) is 0 Å². The van der Waals surface area contributed by atoms with Crippen LogP contribution in [0.3, 0.4) is 0 Å². The Labute approximate surface area is 84.5 Å². The fourth-order valence-corrected chi connectivity index (χ4v) is 2.14. The van der Waals surface area contributed by atoms with E-state index in [0.29, 0.717) is 0 Å². The summed E-state index contributed by atoms with van der Waals surface area (Å²) >= 11 is 0. The highest BCUT2D eigenvalue weighted by Gasteiger charge is 2.18. The summed E-state index contributed by atoms with van der Waals surface area (Å²) in [5.41, 5.74) is 1.97. The van der Waals surface area contributed by atoms with Crippen LogP contribution in [0.25, 0.3) is 0 Å². The molecule has 0 unspecified atom stereocenters. The van der Waals surface area contributed by atoms with Crippen LogP contribution in [0, 0.1) is 5.82 Å². The third-order valence-corrected chi connectivity index (χ3v) is 2.87. The molecule has 0 aromatic heterocycles. The number of hydrogen-bond acceptors (Lipinski definition) is 1. The first-order valence-electron chi connectivity index (χ1n) is 5.35. The van der Waals surface area contributed by atoms with Crippen molar-refractivity contribution >= 4 is 5.69 Å². The van der Waals surface area contributed by atoms with Gasteiger partial charge >= 0.3 is 0 Å². The molecule has 2 rings (SSSR count). The lowest BCUT2D eigenvalue weighted by atomic mass is 10.1. The maximum Gasteiger partial charge on any atom is 0.146 e. The molecular weight excluding hydrogens is 177 g/mol. The normalized spacial score (nSPS) is 16.3. The average Bonchev–Trinajstić information content (AvgIpc) is 2.70. The fraction of sp³-hybridized carbons (Fsp3) is 0.500. The van der Waals surface area contributed by atoms with E-state index in [-0.39, 0.29) is 5.82 Å². The van der Waals surface area contributed by atoms with Gasteiger partial charge in [-0.3, -0.25) is 0 Å². The summed E-state index contributed by atoms with van der Waals surface area (Å²) in [6, 6.07) is 5.39. The molecule has 1 aliphatic rings. The van der Waals surface area contributed by atoms with Crippen LogP contribution in [0.4, 0.5) is 10.1 Å². The van der Waals surface area contributed by atoms with Crippen molar-refractivity contribution < 1.29 is 4.39 Å². The van der Waals surface area contributed by atoms with E-state index in [9.17, 15) is 4.39 Å². The molecule has 1 fully saturated rings. The largest absolute Gasteiger partial charge is 0.369 e. The second-order valence-corrected chi connectivity index (χ2v) is 3.80. The molecule has 2 heteroatoms. The molecule has 0 spiro atoms. The van der Waals surface area contributed by atoms with E-state index < -0.39 is 0 Å². The van der Waals surface area contributed by atoms with Crippen molar-refractivity contribution in [3.05, 3.63) is 29.6 Å². The van der Waals surface area contributed by atoms with Crippen LogP contribution < -0.4 is 4.90 Å². The minimum absolute atomic E-state index is 0.0637. The molecule has 14 heavy (non-hydrogen) atoms. The number of para-hydroxylation sites is 1. The van der Waals surface area contributed by atoms with Crippen LogP contribution in [-0.2, 0) is 6.42 Å². The van der Waals surface area contributed by atoms with Gasteiger partial charge in [0.25, 0.3) is 0 Å². The van der Waals surface area contributed by atoms with Gasteiger partial charge in [0.05, 0.1) is 5.69 Å². The zero-order valence-corrected chi connectivity index (χ0v) is 8.59. The van der Waals surface area contributed by atoms with Crippen molar-refractivity contribution in [3.8, 4) is 0 Å². The van der Waals surface area contributed by atoms with Gasteiger partial charge in [0.2, 0.25) is 0 Å². The summed E-state index contributed by atoms with van der Waals surface area (Å²) in [5.74, 6) is -0.0637. The highest BCUT2D eigenvalue weighted by molar-refractivity contribution is 5.55. The molecule has 1 nitrogen and oxygen atoms in total. The number of anilines is 1. The van der Waals surface area contributed by atoms with Gasteiger partial charge in [-0.15, -0.1) is 0 Å². The first kappa shape index (κ1) is 9.50. The maximum atomic E-state index is 13.6. The molecular formula is C12H16FN. The highest BCUT2D eigenvalue weighted by Crippen LogP contribution is 2.27. The predicted octanol–water partition coefficient (Wildman–Crippen LogP) is 2.99. The van der Waals surface area contributed by atoms with Gasteiger partial charge < -0.3 is 4.90 Å². The quantitative estimate of drug-likeness (QED) is 0.698. The third kappa shape index (κ3) is 1.61. The van der Waals surface area contributed by atoms with Gasteiger partial charge in [0, 0.05) is 13.1 Å². The van der Waals surface area contributed by atoms with E-state index in [1.54, 1.807) is 12.1 Å². The molecule has 1 saturated heterocycles. The zero-order valence-electron chi connectivity index (χ0n) is 8.59. The number of rotatable bonds is 2. The second kappa shape index (κ2) is 3.99. The minimum Gasteiger partial charge on any atom is -0.369 e.